The summed E-state index contributed by atoms with van der Waals surface area (Å²) >= 11 is 0. The second-order valence-electron chi connectivity index (χ2n) is 13.0. The molecule has 1 aromatic heterocycles. The van der Waals surface area contributed by atoms with E-state index >= 15 is 0 Å². The number of aliphatic imine (C=N–C) groups is 2. The molecule has 0 bridgehead atoms. The third-order valence-electron chi connectivity index (χ3n) is 9.91. The van der Waals surface area contributed by atoms with E-state index in [1.165, 1.54) is 27.3 Å². The van der Waals surface area contributed by atoms with Crippen molar-refractivity contribution < 1.29 is 4.42 Å². The van der Waals surface area contributed by atoms with Gasteiger partial charge in [-0.3, -0.25) is 0 Å². The van der Waals surface area contributed by atoms with Crippen molar-refractivity contribution >= 4 is 55.2 Å². The Kier molecular flexibility index (Phi) is 6.85. The van der Waals surface area contributed by atoms with E-state index in [-0.39, 0.29) is 0 Å². The minimum Gasteiger partial charge on any atom is -0.455 e. The molecule has 0 saturated heterocycles. The fourth-order valence-electron chi connectivity index (χ4n) is 7.36. The van der Waals surface area contributed by atoms with Gasteiger partial charge in [0.15, 0.2) is 5.84 Å². The topological polar surface area (TPSA) is 49.9 Å². The van der Waals surface area contributed by atoms with E-state index in [4.69, 9.17) is 14.4 Å². The van der Waals surface area contributed by atoms with Gasteiger partial charge in [-0.05, 0) is 62.5 Å². The van der Waals surface area contributed by atoms with Crippen molar-refractivity contribution in [3.63, 3.8) is 0 Å². The second kappa shape index (κ2) is 12.0. The van der Waals surface area contributed by atoms with Crippen LogP contribution < -0.4 is 5.32 Å². The molecule has 0 fully saturated rings. The monoisotopic (exact) mass is 653 g/mol. The van der Waals surface area contributed by atoms with Gasteiger partial charge < -0.3 is 9.73 Å². The standard InChI is InChI=1S/C47H31N3O/c1-3-11-30(12-4-1)34-22-23-36-29-38(26-24-35(36)27-34)46-48-45(32-14-5-2-6-15-32)49-47(50-46)41-19-10-20-42-43(41)40-18-9-17-39(44(40)51-42)37-25-21-31-13-7-8-16-33(31)28-37/h1-29,47H,(H,48,49,50). The van der Waals surface area contributed by atoms with Crippen molar-refractivity contribution in [2.45, 2.75) is 6.17 Å². The van der Waals surface area contributed by atoms with Crippen LogP contribution in [0.4, 0.5) is 0 Å². The highest BCUT2D eigenvalue weighted by molar-refractivity contribution is 6.15. The van der Waals surface area contributed by atoms with E-state index in [9.17, 15) is 0 Å². The lowest BCUT2D eigenvalue weighted by atomic mass is 9.97. The zero-order valence-corrected chi connectivity index (χ0v) is 27.6. The van der Waals surface area contributed by atoms with E-state index in [1.54, 1.807) is 0 Å². The third kappa shape index (κ3) is 5.17. The zero-order valence-electron chi connectivity index (χ0n) is 27.6. The molecule has 0 aliphatic carbocycles. The van der Waals surface area contributed by atoms with Gasteiger partial charge in [-0.15, -0.1) is 0 Å². The maximum Gasteiger partial charge on any atom is 0.159 e. The fraction of sp³-hybridized carbons (Fsp3) is 0.0213. The third-order valence-corrected chi connectivity index (χ3v) is 9.91. The molecule has 51 heavy (non-hydrogen) atoms. The van der Waals surface area contributed by atoms with Crippen LogP contribution in [0.5, 0.6) is 0 Å². The lowest BCUT2D eigenvalue weighted by molar-refractivity contribution is 0.663. The largest absolute Gasteiger partial charge is 0.455 e. The number of para-hydroxylation sites is 1. The van der Waals surface area contributed by atoms with Crippen LogP contribution in [0.1, 0.15) is 22.9 Å². The molecule has 0 amide bonds. The molecular weight excluding hydrogens is 623 g/mol. The van der Waals surface area contributed by atoms with Crippen LogP contribution in [0.2, 0.25) is 0 Å². The van der Waals surface area contributed by atoms with Gasteiger partial charge in [0.2, 0.25) is 0 Å². The van der Waals surface area contributed by atoms with Crippen molar-refractivity contribution in [3.8, 4) is 22.3 Å². The van der Waals surface area contributed by atoms with Crippen LogP contribution >= 0.6 is 0 Å². The first-order chi connectivity index (χ1) is 25.2. The van der Waals surface area contributed by atoms with E-state index in [0.29, 0.717) is 5.84 Å². The fourth-order valence-corrected chi connectivity index (χ4v) is 7.36. The first kappa shape index (κ1) is 29.2. The molecule has 240 valence electrons. The van der Waals surface area contributed by atoms with Gasteiger partial charge in [-0.2, -0.15) is 0 Å². The average Bonchev–Trinajstić information content (AvgIpc) is 3.60. The van der Waals surface area contributed by atoms with Crippen LogP contribution in [0, 0.1) is 0 Å². The van der Waals surface area contributed by atoms with Crippen LogP contribution in [0.3, 0.4) is 0 Å². The van der Waals surface area contributed by atoms with Crippen molar-refractivity contribution in [2.75, 3.05) is 0 Å². The summed E-state index contributed by atoms with van der Waals surface area (Å²) in [7, 11) is 0. The zero-order chi connectivity index (χ0) is 33.7. The minimum absolute atomic E-state index is 0.391. The predicted octanol–water partition coefficient (Wildman–Crippen LogP) is 11.7. The molecule has 4 heteroatoms. The van der Waals surface area contributed by atoms with Crippen molar-refractivity contribution in [1.29, 1.82) is 0 Å². The van der Waals surface area contributed by atoms with Gasteiger partial charge in [-0.1, -0.05) is 152 Å². The molecule has 1 aliphatic heterocycles. The Morgan fingerprint density at radius 3 is 1.92 bits per heavy atom. The van der Waals surface area contributed by atoms with E-state index < -0.39 is 6.17 Å². The Balaban J connectivity index is 1.10. The van der Waals surface area contributed by atoms with Gasteiger partial charge in [0, 0.05) is 33.0 Å². The average molecular weight is 654 g/mol. The Bertz CT molecular complexity index is 2830. The number of hydrogen-bond donors (Lipinski definition) is 1. The van der Waals surface area contributed by atoms with Crippen LogP contribution in [-0.2, 0) is 0 Å². The van der Waals surface area contributed by atoms with Crippen LogP contribution in [0.15, 0.2) is 190 Å². The van der Waals surface area contributed by atoms with Gasteiger partial charge in [0.1, 0.15) is 23.2 Å². The quantitative estimate of drug-likeness (QED) is 0.201. The molecule has 1 N–H and O–H groups in total. The number of rotatable bonds is 5. The summed E-state index contributed by atoms with van der Waals surface area (Å²) < 4.78 is 6.69. The highest BCUT2D eigenvalue weighted by Crippen LogP contribution is 2.40. The lowest BCUT2D eigenvalue weighted by Gasteiger charge is -2.24. The molecule has 1 aliphatic rings. The summed E-state index contributed by atoms with van der Waals surface area (Å²) in [6, 6.07) is 61.6. The first-order valence-electron chi connectivity index (χ1n) is 17.3. The van der Waals surface area contributed by atoms with Crippen molar-refractivity contribution in [3.05, 3.63) is 193 Å². The molecule has 0 radical (unpaired) electrons. The van der Waals surface area contributed by atoms with Crippen molar-refractivity contribution in [1.82, 2.24) is 5.32 Å². The van der Waals surface area contributed by atoms with E-state index in [1.807, 2.05) is 24.3 Å². The Labute approximate surface area is 295 Å². The van der Waals surface area contributed by atoms with E-state index in [0.717, 1.165) is 61.0 Å². The molecule has 1 unspecified atom stereocenters. The molecule has 2 heterocycles. The summed E-state index contributed by atoms with van der Waals surface area (Å²) in [4.78, 5) is 10.4. The van der Waals surface area contributed by atoms with Gasteiger partial charge >= 0.3 is 0 Å². The number of fused-ring (bicyclic) bond motifs is 5. The van der Waals surface area contributed by atoms with Gasteiger partial charge in [-0.25, -0.2) is 9.98 Å². The Morgan fingerprint density at radius 1 is 0.471 bits per heavy atom. The number of nitrogens with one attached hydrogen (secondary N) is 1. The summed E-state index contributed by atoms with van der Waals surface area (Å²) in [5, 5.41) is 10.5. The number of furan rings is 1. The molecule has 4 nitrogen and oxygen atoms in total. The summed E-state index contributed by atoms with van der Waals surface area (Å²) in [6.07, 6.45) is -0.391. The highest BCUT2D eigenvalue weighted by atomic mass is 16.3. The normalized spacial score (nSPS) is 14.5. The lowest BCUT2D eigenvalue weighted by Crippen LogP contribution is -2.33. The highest BCUT2D eigenvalue weighted by Gasteiger charge is 2.25. The van der Waals surface area contributed by atoms with Crippen LogP contribution in [-0.4, -0.2) is 11.7 Å². The molecule has 8 aromatic carbocycles. The Morgan fingerprint density at radius 2 is 1.10 bits per heavy atom. The SMILES string of the molecule is c1ccc(C2=NC(c3ccc4cc(-c5ccccc5)ccc4c3)=NC(c3cccc4oc5c(-c6ccc7ccccc7c6)cccc5c34)N2)cc1. The maximum atomic E-state index is 6.69. The molecule has 0 spiro atoms. The van der Waals surface area contributed by atoms with E-state index in [2.05, 4.69) is 157 Å². The minimum atomic E-state index is -0.391. The van der Waals surface area contributed by atoms with Crippen molar-refractivity contribution in [2.24, 2.45) is 9.98 Å². The Hall–Kier alpha value is -6.78. The summed E-state index contributed by atoms with van der Waals surface area (Å²) in [6.45, 7) is 0. The first-order valence-corrected chi connectivity index (χ1v) is 17.3. The number of hydrogen-bond acceptors (Lipinski definition) is 4. The molecule has 1 atom stereocenters. The molecular formula is C47H31N3O. The summed E-state index contributed by atoms with van der Waals surface area (Å²) in [5.41, 5.74) is 9.32. The smallest absolute Gasteiger partial charge is 0.159 e. The van der Waals surface area contributed by atoms with Crippen LogP contribution in [0.25, 0.3) is 65.7 Å². The molecule has 0 saturated carbocycles. The molecule has 10 rings (SSSR count). The number of nitrogens with zero attached hydrogens (tertiary/aromatic N) is 2. The molecule has 9 aromatic rings. The summed E-state index contributed by atoms with van der Waals surface area (Å²) in [5.74, 6) is 1.47. The maximum absolute atomic E-state index is 6.69. The number of amidine groups is 2. The van der Waals surface area contributed by atoms with Gasteiger partial charge in [0.05, 0.1) is 0 Å². The van der Waals surface area contributed by atoms with Gasteiger partial charge in [0.25, 0.3) is 0 Å². The number of benzene rings is 8. The predicted molar refractivity (Wildman–Crippen MR) is 211 cm³/mol. The second-order valence-corrected chi connectivity index (χ2v) is 13.0.